The van der Waals surface area contributed by atoms with Gasteiger partial charge in [0.15, 0.2) is 0 Å². The van der Waals surface area contributed by atoms with Crippen LogP contribution < -0.4 is 10.6 Å². The van der Waals surface area contributed by atoms with Gasteiger partial charge in [-0.15, -0.1) is 0 Å². The van der Waals surface area contributed by atoms with Gasteiger partial charge in [-0.3, -0.25) is 0 Å². The van der Waals surface area contributed by atoms with Crippen LogP contribution in [0.4, 0.5) is 0 Å². The summed E-state index contributed by atoms with van der Waals surface area (Å²) in [6.07, 6.45) is 23.2. The predicted molar refractivity (Wildman–Crippen MR) is 172 cm³/mol. The Morgan fingerprint density at radius 1 is 0.378 bits per heavy atom. The van der Waals surface area contributed by atoms with E-state index in [4.69, 9.17) is 0 Å². The fraction of sp³-hybridized carbons (Fsp3) is 0.667. The van der Waals surface area contributed by atoms with Gasteiger partial charge in [0, 0.05) is 0 Å². The number of rotatable bonds is 20. The molecule has 208 valence electrons. The lowest BCUT2D eigenvalue weighted by Crippen LogP contribution is -2.19. The van der Waals surface area contributed by atoms with Gasteiger partial charge >= 0.3 is 0 Å². The average molecular weight is 523 g/mol. The Kier molecular flexibility index (Phi) is 16.5. The van der Waals surface area contributed by atoms with Crippen molar-refractivity contribution in [2.24, 2.45) is 0 Å². The van der Waals surface area contributed by atoms with Crippen LogP contribution in [-0.2, 0) is 38.5 Å². The van der Waals surface area contributed by atoms with Crippen molar-refractivity contribution in [3.63, 3.8) is 0 Å². The minimum Gasteiger partial charge on any atom is -0.0654 e. The molecule has 1 heteroatoms. The first-order chi connectivity index (χ1) is 18.1. The van der Waals surface area contributed by atoms with E-state index in [9.17, 15) is 0 Å². The van der Waals surface area contributed by atoms with Gasteiger partial charge in [0.1, 0.15) is 0 Å². The summed E-state index contributed by atoms with van der Waals surface area (Å²) in [5.74, 6) is 0. The van der Waals surface area contributed by atoms with Gasteiger partial charge in [-0.1, -0.05) is 113 Å². The van der Waals surface area contributed by atoms with E-state index >= 15 is 0 Å². The number of unbranched alkanes of at least 4 members (excludes halogenated alkanes) is 6. The van der Waals surface area contributed by atoms with Gasteiger partial charge in [-0.05, 0) is 121 Å². The first kappa shape index (κ1) is 32.1. The molecule has 0 saturated heterocycles. The van der Waals surface area contributed by atoms with Crippen molar-refractivity contribution < 1.29 is 0 Å². The highest BCUT2D eigenvalue weighted by molar-refractivity contribution is 7.55. The second kappa shape index (κ2) is 19.0. The van der Waals surface area contributed by atoms with Crippen LogP contribution in [0.25, 0.3) is 0 Å². The van der Waals surface area contributed by atoms with E-state index in [1.807, 2.05) is 0 Å². The normalized spacial score (nSPS) is 11.4. The molecule has 0 saturated carbocycles. The fourth-order valence-electron chi connectivity index (χ4n) is 5.67. The summed E-state index contributed by atoms with van der Waals surface area (Å²) in [4.78, 5) is 0. The smallest absolute Gasteiger partial charge is 0.0191 e. The first-order valence-corrected chi connectivity index (χ1v) is 17.2. The maximum atomic E-state index is 2.55. The Balaban J connectivity index is 2.59. The molecule has 0 radical (unpaired) electrons. The summed E-state index contributed by atoms with van der Waals surface area (Å²) in [7, 11) is 0.797. The molecule has 0 heterocycles. The molecular weight excluding hydrogens is 463 g/mol. The van der Waals surface area contributed by atoms with E-state index in [0.717, 1.165) is 8.58 Å². The number of hydrogen-bond donors (Lipinski definition) is 0. The van der Waals surface area contributed by atoms with Crippen LogP contribution in [0, 0.1) is 0 Å². The Bertz CT molecular complexity index is 821. The summed E-state index contributed by atoms with van der Waals surface area (Å²) in [6.45, 7) is 14.1. The summed E-state index contributed by atoms with van der Waals surface area (Å²) in [5.41, 5.74) is 10.2. The molecule has 2 aromatic rings. The molecule has 0 spiro atoms. The lowest BCUT2D eigenvalue weighted by atomic mass is 9.91. The van der Waals surface area contributed by atoms with Crippen molar-refractivity contribution in [3.8, 4) is 0 Å². The molecule has 0 amide bonds. The lowest BCUT2D eigenvalue weighted by molar-refractivity contribution is 0.736. The van der Waals surface area contributed by atoms with Crippen LogP contribution >= 0.6 is 8.58 Å². The van der Waals surface area contributed by atoms with Crippen LogP contribution in [0.15, 0.2) is 24.3 Å². The Morgan fingerprint density at radius 2 is 0.676 bits per heavy atom. The van der Waals surface area contributed by atoms with E-state index in [2.05, 4.69) is 65.8 Å². The zero-order valence-corrected chi connectivity index (χ0v) is 26.5. The van der Waals surface area contributed by atoms with Crippen LogP contribution in [-0.4, -0.2) is 0 Å². The average Bonchev–Trinajstić information content (AvgIpc) is 2.92. The van der Waals surface area contributed by atoms with E-state index < -0.39 is 0 Å². The molecule has 0 N–H and O–H groups in total. The third-order valence-corrected chi connectivity index (χ3v) is 9.52. The molecule has 2 rings (SSSR count). The highest BCUT2D eigenvalue weighted by Gasteiger charge is 2.17. The van der Waals surface area contributed by atoms with Gasteiger partial charge in [0.2, 0.25) is 0 Å². The highest BCUT2D eigenvalue weighted by Crippen LogP contribution is 2.29. The van der Waals surface area contributed by atoms with Crippen molar-refractivity contribution in [2.45, 2.75) is 157 Å². The van der Waals surface area contributed by atoms with Gasteiger partial charge in [-0.25, -0.2) is 0 Å². The van der Waals surface area contributed by atoms with E-state index in [0.29, 0.717) is 0 Å². The topological polar surface area (TPSA) is 0 Å². The second-order valence-electron chi connectivity index (χ2n) is 11.2. The number of aryl methyl sites for hydroxylation is 2. The van der Waals surface area contributed by atoms with Crippen LogP contribution in [0.3, 0.4) is 0 Å². The van der Waals surface area contributed by atoms with E-state index in [1.165, 1.54) is 116 Å². The number of hydrogen-bond acceptors (Lipinski definition) is 0. The molecule has 0 nitrogen and oxygen atoms in total. The maximum absolute atomic E-state index is 2.55. The third kappa shape index (κ3) is 10.2. The Morgan fingerprint density at radius 3 is 1.00 bits per heavy atom. The summed E-state index contributed by atoms with van der Waals surface area (Å²) in [6, 6.07) is 10.1. The molecule has 0 aromatic heterocycles. The lowest BCUT2D eigenvalue weighted by Gasteiger charge is -2.23. The molecule has 0 fully saturated rings. The SMILES string of the molecule is CCCCc1ccc(Pc2ccc(CCCC)c(CCCC)c2CCCC)c(CCCC)c1CCCC. The molecule has 2 aromatic carbocycles. The van der Waals surface area contributed by atoms with Crippen molar-refractivity contribution in [2.75, 3.05) is 0 Å². The van der Waals surface area contributed by atoms with E-state index in [1.54, 1.807) is 44.0 Å². The third-order valence-electron chi connectivity index (χ3n) is 8.05. The van der Waals surface area contributed by atoms with Gasteiger partial charge in [0.05, 0.1) is 0 Å². The minimum absolute atomic E-state index is 0.797. The zero-order chi connectivity index (χ0) is 26.9. The fourth-order valence-corrected chi connectivity index (χ4v) is 7.15. The molecule has 0 unspecified atom stereocenters. The molecular formula is C36H59P. The molecule has 0 aliphatic carbocycles. The van der Waals surface area contributed by atoms with Crippen molar-refractivity contribution in [1.29, 1.82) is 0 Å². The Labute approximate surface area is 233 Å². The monoisotopic (exact) mass is 522 g/mol. The summed E-state index contributed by atoms with van der Waals surface area (Å²) < 4.78 is 0. The zero-order valence-electron chi connectivity index (χ0n) is 25.5. The van der Waals surface area contributed by atoms with Crippen molar-refractivity contribution in [3.05, 3.63) is 57.6 Å². The van der Waals surface area contributed by atoms with E-state index in [-0.39, 0.29) is 0 Å². The number of benzene rings is 2. The van der Waals surface area contributed by atoms with Gasteiger partial charge < -0.3 is 0 Å². The minimum atomic E-state index is 0.797. The van der Waals surface area contributed by atoms with Crippen molar-refractivity contribution >= 4 is 19.2 Å². The quantitative estimate of drug-likeness (QED) is 0.152. The predicted octanol–water partition coefficient (Wildman–Crippen LogP) is 10.4. The molecule has 37 heavy (non-hydrogen) atoms. The van der Waals surface area contributed by atoms with Gasteiger partial charge in [0.25, 0.3) is 0 Å². The van der Waals surface area contributed by atoms with Crippen LogP contribution in [0.2, 0.25) is 0 Å². The second-order valence-corrected chi connectivity index (χ2v) is 12.5. The molecule has 0 aliphatic heterocycles. The summed E-state index contributed by atoms with van der Waals surface area (Å²) in [5, 5.41) is 3.31. The summed E-state index contributed by atoms with van der Waals surface area (Å²) >= 11 is 0. The molecule has 0 atom stereocenters. The van der Waals surface area contributed by atoms with Crippen molar-refractivity contribution in [1.82, 2.24) is 0 Å². The largest absolute Gasteiger partial charge is 0.0654 e. The van der Waals surface area contributed by atoms with Crippen LogP contribution in [0.1, 0.15) is 152 Å². The Hall–Kier alpha value is -1.13. The van der Waals surface area contributed by atoms with Crippen LogP contribution in [0.5, 0.6) is 0 Å². The molecule has 0 bridgehead atoms. The maximum Gasteiger partial charge on any atom is -0.0191 e. The van der Waals surface area contributed by atoms with Gasteiger partial charge in [-0.2, -0.15) is 0 Å². The first-order valence-electron chi connectivity index (χ1n) is 16.2. The highest BCUT2D eigenvalue weighted by atomic mass is 31.1. The standard InChI is InChI=1S/C36H59P/c1-7-13-19-29-25-27-35(33(23-17-11-5)31(29)21-15-9-3)37-36-28-26-30(20-14-8-2)32(22-16-10-4)34(36)24-18-12-6/h25-28,37H,7-24H2,1-6H3. The molecule has 0 aliphatic rings.